The summed E-state index contributed by atoms with van der Waals surface area (Å²) in [4.78, 5) is 42.6. The molecule has 8 heteroatoms. The minimum atomic E-state index is -1.13. The Hall–Kier alpha value is -3.55. The van der Waals surface area contributed by atoms with Crippen LogP contribution in [0.1, 0.15) is 84.5 Å². The number of nitrogens with one attached hydrogen (secondary N) is 2. The van der Waals surface area contributed by atoms with Crippen LogP contribution >= 0.6 is 0 Å². The minimum Gasteiger partial charge on any atom is -0.507 e. The molecule has 8 nitrogen and oxygen atoms in total. The van der Waals surface area contributed by atoms with Crippen molar-refractivity contribution in [3.63, 3.8) is 0 Å². The van der Waals surface area contributed by atoms with Crippen molar-refractivity contribution in [3.05, 3.63) is 65.2 Å². The molecule has 2 aromatic carbocycles. The van der Waals surface area contributed by atoms with Crippen molar-refractivity contribution in [1.29, 1.82) is 0 Å². The SMILES string of the molecule is CCC(C)N(C(=O)C(Cc1ccccc1)NC(=O)OC(C)(C)C)C(C(=O)NC(C)(C)C)c1cccc(C)c1O. The third-order valence-corrected chi connectivity index (χ3v) is 6.18. The molecule has 0 spiro atoms. The fourth-order valence-electron chi connectivity index (χ4n) is 4.23. The summed E-state index contributed by atoms with van der Waals surface area (Å²) in [7, 11) is 0. The first-order chi connectivity index (χ1) is 18.0. The molecular formula is C31H45N3O5. The van der Waals surface area contributed by atoms with Gasteiger partial charge in [0.05, 0.1) is 0 Å². The summed E-state index contributed by atoms with van der Waals surface area (Å²) in [6.45, 7) is 16.3. The van der Waals surface area contributed by atoms with Crippen LogP contribution in [0.25, 0.3) is 0 Å². The zero-order chi connectivity index (χ0) is 29.5. The van der Waals surface area contributed by atoms with Gasteiger partial charge in [-0.3, -0.25) is 9.59 Å². The Morgan fingerprint density at radius 1 is 0.974 bits per heavy atom. The van der Waals surface area contributed by atoms with Gasteiger partial charge in [-0.2, -0.15) is 0 Å². The molecule has 0 aliphatic rings. The van der Waals surface area contributed by atoms with Gasteiger partial charge in [-0.05, 0) is 72.9 Å². The van der Waals surface area contributed by atoms with E-state index in [-0.39, 0.29) is 12.2 Å². The number of ether oxygens (including phenoxy) is 1. The molecule has 0 heterocycles. The Morgan fingerprint density at radius 3 is 2.13 bits per heavy atom. The summed E-state index contributed by atoms with van der Waals surface area (Å²) in [6.07, 6.45) is 0.0106. The van der Waals surface area contributed by atoms with E-state index in [9.17, 15) is 19.5 Å². The molecule has 0 bridgehead atoms. The van der Waals surface area contributed by atoms with Crippen molar-refractivity contribution in [3.8, 4) is 5.75 Å². The number of para-hydroxylation sites is 1. The predicted molar refractivity (Wildman–Crippen MR) is 153 cm³/mol. The quantitative estimate of drug-likeness (QED) is 0.394. The summed E-state index contributed by atoms with van der Waals surface area (Å²) < 4.78 is 5.48. The molecule has 39 heavy (non-hydrogen) atoms. The molecule has 3 unspecified atom stereocenters. The van der Waals surface area contributed by atoms with E-state index in [0.717, 1.165) is 5.56 Å². The van der Waals surface area contributed by atoms with Gasteiger partial charge < -0.3 is 25.4 Å². The van der Waals surface area contributed by atoms with Crippen LogP contribution in [-0.4, -0.2) is 51.1 Å². The number of aryl methyl sites for hydroxylation is 1. The van der Waals surface area contributed by atoms with Gasteiger partial charge >= 0.3 is 6.09 Å². The van der Waals surface area contributed by atoms with Gasteiger partial charge in [0.1, 0.15) is 23.4 Å². The van der Waals surface area contributed by atoms with Crippen LogP contribution in [0, 0.1) is 6.92 Å². The van der Waals surface area contributed by atoms with E-state index < -0.39 is 47.2 Å². The Labute approximate surface area is 233 Å². The summed E-state index contributed by atoms with van der Waals surface area (Å²) in [5.74, 6) is -0.922. The van der Waals surface area contributed by atoms with E-state index in [1.807, 2.05) is 65.0 Å². The van der Waals surface area contributed by atoms with E-state index in [1.165, 1.54) is 4.90 Å². The van der Waals surface area contributed by atoms with Crippen LogP contribution in [0.2, 0.25) is 0 Å². The summed E-state index contributed by atoms with van der Waals surface area (Å²) in [5.41, 5.74) is 0.400. The zero-order valence-electron chi connectivity index (χ0n) is 24.8. The number of amides is 3. The number of carbonyl (C=O) groups is 3. The monoisotopic (exact) mass is 539 g/mol. The molecule has 0 fully saturated rings. The molecule has 214 valence electrons. The van der Waals surface area contributed by atoms with Crippen LogP contribution < -0.4 is 10.6 Å². The molecule has 3 N–H and O–H groups in total. The van der Waals surface area contributed by atoms with Crippen molar-refractivity contribution >= 4 is 17.9 Å². The van der Waals surface area contributed by atoms with E-state index >= 15 is 0 Å². The molecule has 0 aromatic heterocycles. The average molecular weight is 540 g/mol. The van der Waals surface area contributed by atoms with Gasteiger partial charge in [0.25, 0.3) is 0 Å². The molecule has 3 amide bonds. The van der Waals surface area contributed by atoms with Crippen LogP contribution in [0.3, 0.4) is 0 Å². The van der Waals surface area contributed by atoms with Crippen molar-refractivity contribution < 1.29 is 24.2 Å². The Kier molecular flexibility index (Phi) is 10.6. The molecule has 3 atom stereocenters. The maximum atomic E-state index is 14.4. The highest BCUT2D eigenvalue weighted by Gasteiger charge is 2.40. The predicted octanol–water partition coefficient (Wildman–Crippen LogP) is 5.42. The van der Waals surface area contributed by atoms with Crippen LogP contribution in [0.15, 0.2) is 48.5 Å². The van der Waals surface area contributed by atoms with Crippen molar-refractivity contribution in [2.75, 3.05) is 0 Å². The Balaban J connectivity index is 2.66. The van der Waals surface area contributed by atoms with Crippen LogP contribution in [0.5, 0.6) is 5.75 Å². The van der Waals surface area contributed by atoms with Crippen LogP contribution in [0.4, 0.5) is 4.79 Å². The summed E-state index contributed by atoms with van der Waals surface area (Å²) >= 11 is 0. The molecule has 0 aliphatic carbocycles. The smallest absolute Gasteiger partial charge is 0.408 e. The number of benzene rings is 2. The second kappa shape index (κ2) is 13.0. The first kappa shape index (κ1) is 31.7. The number of hydrogen-bond acceptors (Lipinski definition) is 5. The largest absolute Gasteiger partial charge is 0.507 e. The average Bonchev–Trinajstić information content (AvgIpc) is 2.81. The molecule has 0 aliphatic heterocycles. The third kappa shape index (κ3) is 9.30. The highest BCUT2D eigenvalue weighted by atomic mass is 16.6. The van der Waals surface area contributed by atoms with Crippen molar-refractivity contribution in [2.24, 2.45) is 0 Å². The van der Waals surface area contributed by atoms with E-state index in [0.29, 0.717) is 17.5 Å². The van der Waals surface area contributed by atoms with Gasteiger partial charge in [0.2, 0.25) is 11.8 Å². The minimum absolute atomic E-state index is 0.0487. The highest BCUT2D eigenvalue weighted by molar-refractivity contribution is 5.93. The van der Waals surface area contributed by atoms with E-state index in [2.05, 4.69) is 10.6 Å². The molecule has 0 saturated heterocycles. The Bertz CT molecular complexity index is 1140. The number of phenols is 1. The normalized spacial score (nSPS) is 14.1. The number of aromatic hydroxyl groups is 1. The van der Waals surface area contributed by atoms with Gasteiger partial charge in [-0.15, -0.1) is 0 Å². The first-order valence-electron chi connectivity index (χ1n) is 13.5. The molecular weight excluding hydrogens is 494 g/mol. The molecule has 2 rings (SSSR count). The maximum absolute atomic E-state index is 14.4. The second-order valence-corrected chi connectivity index (χ2v) is 12.0. The zero-order valence-corrected chi connectivity index (χ0v) is 24.8. The van der Waals surface area contributed by atoms with Gasteiger partial charge in [0.15, 0.2) is 0 Å². The maximum Gasteiger partial charge on any atom is 0.408 e. The molecule has 2 aromatic rings. The molecule has 0 saturated carbocycles. The number of alkyl carbamates (subject to hydrolysis) is 1. The van der Waals surface area contributed by atoms with Crippen molar-refractivity contribution in [1.82, 2.24) is 15.5 Å². The van der Waals surface area contributed by atoms with Gasteiger partial charge in [-0.1, -0.05) is 55.5 Å². The lowest BCUT2D eigenvalue weighted by Gasteiger charge is -2.39. The lowest BCUT2D eigenvalue weighted by molar-refractivity contribution is -0.145. The Morgan fingerprint density at radius 2 is 1.59 bits per heavy atom. The fraction of sp³-hybridized carbons (Fsp3) is 0.516. The number of nitrogens with zero attached hydrogens (tertiary/aromatic N) is 1. The standard InChI is InChI=1S/C31H45N3O5/c1-10-21(3)34(25(27(36)33-30(4,5)6)23-18-14-15-20(2)26(23)35)28(37)24(19-22-16-12-11-13-17-22)32-29(38)39-31(7,8)9/h11-18,21,24-25,35H,10,19H2,1-9H3,(H,32,38)(H,33,36). The number of rotatable bonds is 9. The van der Waals surface area contributed by atoms with Crippen LogP contribution in [-0.2, 0) is 20.7 Å². The lowest BCUT2D eigenvalue weighted by atomic mass is 9.95. The number of carbonyl (C=O) groups excluding carboxylic acids is 3. The third-order valence-electron chi connectivity index (χ3n) is 6.18. The van der Waals surface area contributed by atoms with Gasteiger partial charge in [0, 0.05) is 23.6 Å². The van der Waals surface area contributed by atoms with E-state index in [4.69, 9.17) is 4.74 Å². The van der Waals surface area contributed by atoms with Gasteiger partial charge in [-0.25, -0.2) is 4.79 Å². The topological polar surface area (TPSA) is 108 Å². The first-order valence-corrected chi connectivity index (χ1v) is 13.5. The lowest BCUT2D eigenvalue weighted by Crippen LogP contribution is -2.57. The number of hydrogen-bond donors (Lipinski definition) is 3. The molecule has 0 radical (unpaired) electrons. The second-order valence-electron chi connectivity index (χ2n) is 12.0. The number of phenolic OH excluding ortho intramolecular Hbond substituents is 1. The fourth-order valence-corrected chi connectivity index (χ4v) is 4.23. The van der Waals surface area contributed by atoms with Crippen molar-refractivity contribution in [2.45, 2.75) is 104 Å². The highest BCUT2D eigenvalue weighted by Crippen LogP contribution is 2.34. The summed E-state index contributed by atoms with van der Waals surface area (Å²) in [5, 5.41) is 16.8. The van der Waals surface area contributed by atoms with E-state index in [1.54, 1.807) is 45.9 Å². The summed E-state index contributed by atoms with van der Waals surface area (Å²) in [6, 6.07) is 12.0.